The first kappa shape index (κ1) is 32.0. The number of rotatable bonds is 5. The standard InChI is InChI=1S/C51H31N5S/c1-3-13-34(14-4-1)48-52-49(35-25-22-33(23-26-35)37-27-24-32-12-7-8-15-36(32)30-37)54-50(53-48)38-28-29-44-43(31-38)56-47-41(19-11-21-45(47)57-44)46-40-18-9-10-20-42(40)55(51(46)56)39-16-5-2-6-17-39/h1-31H. The molecule has 8 aromatic carbocycles. The highest BCUT2D eigenvalue weighted by Crippen LogP contribution is 2.50. The van der Waals surface area contributed by atoms with Crippen LogP contribution in [0.3, 0.4) is 0 Å². The van der Waals surface area contributed by atoms with Crippen molar-refractivity contribution in [3.63, 3.8) is 0 Å². The fourth-order valence-corrected chi connectivity index (χ4v) is 9.56. The largest absolute Gasteiger partial charge is 0.295 e. The molecule has 11 aromatic rings. The van der Waals surface area contributed by atoms with E-state index in [-0.39, 0.29) is 0 Å². The zero-order valence-electron chi connectivity index (χ0n) is 30.5. The van der Waals surface area contributed by atoms with Crippen LogP contribution in [0.1, 0.15) is 0 Å². The molecule has 0 bridgehead atoms. The molecule has 266 valence electrons. The van der Waals surface area contributed by atoms with Crippen LogP contribution in [0.2, 0.25) is 0 Å². The lowest BCUT2D eigenvalue weighted by Gasteiger charge is -2.22. The highest BCUT2D eigenvalue weighted by molar-refractivity contribution is 7.99. The van der Waals surface area contributed by atoms with Crippen LogP contribution >= 0.6 is 11.8 Å². The molecule has 0 atom stereocenters. The van der Waals surface area contributed by atoms with Crippen LogP contribution in [0.4, 0.5) is 0 Å². The molecular formula is C51H31N5S. The van der Waals surface area contributed by atoms with Gasteiger partial charge in [0.25, 0.3) is 0 Å². The fourth-order valence-electron chi connectivity index (χ4n) is 8.49. The highest BCUT2D eigenvalue weighted by atomic mass is 32.2. The van der Waals surface area contributed by atoms with Gasteiger partial charge in [-0.15, -0.1) is 0 Å². The number of aromatic nitrogens is 5. The van der Waals surface area contributed by atoms with Crippen molar-refractivity contribution in [3.05, 3.63) is 188 Å². The molecule has 0 aliphatic carbocycles. The van der Waals surface area contributed by atoms with Gasteiger partial charge in [-0.1, -0.05) is 151 Å². The van der Waals surface area contributed by atoms with E-state index in [0.29, 0.717) is 17.5 Å². The third-order valence-corrected chi connectivity index (χ3v) is 12.3. The Labute approximate surface area is 332 Å². The first-order valence-corrected chi connectivity index (χ1v) is 19.9. The smallest absolute Gasteiger partial charge is 0.164 e. The van der Waals surface area contributed by atoms with Crippen molar-refractivity contribution in [2.45, 2.75) is 9.79 Å². The van der Waals surface area contributed by atoms with Crippen LogP contribution in [-0.2, 0) is 0 Å². The Morgan fingerprint density at radius 2 is 1.00 bits per heavy atom. The zero-order chi connectivity index (χ0) is 37.5. The molecular weight excluding hydrogens is 715 g/mol. The van der Waals surface area contributed by atoms with Crippen molar-refractivity contribution < 1.29 is 0 Å². The van der Waals surface area contributed by atoms with Crippen molar-refractivity contribution in [1.82, 2.24) is 24.1 Å². The van der Waals surface area contributed by atoms with Crippen molar-refractivity contribution in [3.8, 4) is 56.7 Å². The SMILES string of the molecule is c1ccc(-c2nc(-c3ccc(-c4ccc5ccccc5c4)cc3)nc(-c3ccc4c(c3)-n3c5c(cccc5c5c6ccccc6n(-c6ccccc6)c53)S4)n2)cc1. The molecule has 0 saturated carbocycles. The van der Waals surface area contributed by atoms with Gasteiger partial charge in [0.05, 0.1) is 16.7 Å². The molecule has 0 N–H and O–H groups in total. The molecule has 1 aliphatic rings. The van der Waals surface area contributed by atoms with Gasteiger partial charge in [0.1, 0.15) is 5.65 Å². The lowest BCUT2D eigenvalue weighted by molar-refractivity contribution is 1.02. The minimum atomic E-state index is 0.632. The van der Waals surface area contributed by atoms with Gasteiger partial charge in [0.2, 0.25) is 0 Å². The average Bonchev–Trinajstić information content (AvgIpc) is 3.81. The van der Waals surface area contributed by atoms with E-state index in [1.54, 1.807) is 0 Å². The maximum atomic E-state index is 5.19. The van der Waals surface area contributed by atoms with E-state index < -0.39 is 0 Å². The third kappa shape index (κ3) is 5.08. The molecule has 1 aliphatic heterocycles. The summed E-state index contributed by atoms with van der Waals surface area (Å²) in [5, 5.41) is 6.20. The van der Waals surface area contributed by atoms with Crippen LogP contribution in [0, 0.1) is 0 Å². The Hall–Kier alpha value is -7.28. The van der Waals surface area contributed by atoms with Gasteiger partial charge in [0, 0.05) is 48.3 Å². The molecule has 0 spiro atoms. The predicted octanol–water partition coefficient (Wildman–Crippen LogP) is 13.2. The maximum Gasteiger partial charge on any atom is 0.164 e. The molecule has 5 nitrogen and oxygen atoms in total. The minimum absolute atomic E-state index is 0.632. The second-order valence-electron chi connectivity index (χ2n) is 14.5. The van der Waals surface area contributed by atoms with E-state index in [4.69, 9.17) is 15.0 Å². The summed E-state index contributed by atoms with van der Waals surface area (Å²) in [7, 11) is 0. The van der Waals surface area contributed by atoms with Crippen molar-refractivity contribution >= 4 is 55.4 Å². The Morgan fingerprint density at radius 1 is 0.386 bits per heavy atom. The summed E-state index contributed by atoms with van der Waals surface area (Å²) in [6.07, 6.45) is 0. The lowest BCUT2D eigenvalue weighted by Crippen LogP contribution is -2.06. The summed E-state index contributed by atoms with van der Waals surface area (Å²) < 4.78 is 4.88. The first-order valence-electron chi connectivity index (χ1n) is 19.1. The monoisotopic (exact) mass is 745 g/mol. The first-order chi connectivity index (χ1) is 28.2. The maximum absolute atomic E-state index is 5.19. The molecule has 3 aromatic heterocycles. The second-order valence-corrected chi connectivity index (χ2v) is 15.6. The van der Waals surface area contributed by atoms with Gasteiger partial charge in [-0.3, -0.25) is 9.13 Å². The van der Waals surface area contributed by atoms with Crippen LogP contribution in [0.15, 0.2) is 198 Å². The van der Waals surface area contributed by atoms with Gasteiger partial charge in [-0.25, -0.2) is 15.0 Å². The van der Waals surface area contributed by atoms with Crippen LogP contribution in [0.5, 0.6) is 0 Å². The molecule has 4 heterocycles. The number of hydrogen-bond donors (Lipinski definition) is 0. The second kappa shape index (κ2) is 12.6. The topological polar surface area (TPSA) is 48.5 Å². The van der Waals surface area contributed by atoms with Crippen LogP contribution in [-0.4, -0.2) is 24.1 Å². The van der Waals surface area contributed by atoms with E-state index in [0.717, 1.165) is 39.3 Å². The molecule has 0 saturated heterocycles. The molecule has 6 heteroatoms. The predicted molar refractivity (Wildman–Crippen MR) is 234 cm³/mol. The van der Waals surface area contributed by atoms with Crippen LogP contribution in [0.25, 0.3) is 100 Å². The number of fused-ring (bicyclic) bond motifs is 8. The van der Waals surface area contributed by atoms with E-state index in [1.807, 2.05) is 30.0 Å². The Morgan fingerprint density at radius 3 is 1.81 bits per heavy atom. The quantitative estimate of drug-likeness (QED) is 0.176. The highest BCUT2D eigenvalue weighted by Gasteiger charge is 2.28. The van der Waals surface area contributed by atoms with Gasteiger partial charge in [-0.05, 0) is 70.4 Å². The molecule has 0 amide bonds. The Bertz CT molecular complexity index is 3370. The van der Waals surface area contributed by atoms with E-state index in [9.17, 15) is 0 Å². The summed E-state index contributed by atoms with van der Waals surface area (Å²) >= 11 is 1.82. The van der Waals surface area contributed by atoms with Crippen molar-refractivity contribution in [2.75, 3.05) is 0 Å². The van der Waals surface area contributed by atoms with Gasteiger partial charge >= 0.3 is 0 Å². The molecule has 0 fully saturated rings. The molecule has 12 rings (SSSR count). The number of nitrogens with zero attached hydrogens (tertiary/aromatic N) is 5. The zero-order valence-corrected chi connectivity index (χ0v) is 31.4. The van der Waals surface area contributed by atoms with Gasteiger partial charge < -0.3 is 0 Å². The molecule has 0 radical (unpaired) electrons. The number of hydrogen-bond acceptors (Lipinski definition) is 4. The van der Waals surface area contributed by atoms with Gasteiger partial charge in [0.15, 0.2) is 17.5 Å². The fraction of sp³-hybridized carbons (Fsp3) is 0. The summed E-state index contributed by atoms with van der Waals surface area (Å²) in [4.78, 5) is 17.8. The van der Waals surface area contributed by atoms with Crippen molar-refractivity contribution in [2.24, 2.45) is 0 Å². The Balaban J connectivity index is 1.04. The number of para-hydroxylation sites is 3. The van der Waals surface area contributed by atoms with E-state index in [1.165, 1.54) is 53.3 Å². The van der Waals surface area contributed by atoms with Crippen molar-refractivity contribution in [1.29, 1.82) is 0 Å². The summed E-state index contributed by atoms with van der Waals surface area (Å²) in [6.45, 7) is 0. The molecule has 0 unspecified atom stereocenters. The summed E-state index contributed by atoms with van der Waals surface area (Å²) in [5.74, 6) is 1.91. The summed E-state index contributed by atoms with van der Waals surface area (Å²) in [6, 6.07) is 66.6. The molecule has 57 heavy (non-hydrogen) atoms. The Kier molecular flexibility index (Phi) is 7.09. The summed E-state index contributed by atoms with van der Waals surface area (Å²) in [5.41, 5.74) is 10.9. The van der Waals surface area contributed by atoms with E-state index >= 15 is 0 Å². The minimum Gasteiger partial charge on any atom is -0.295 e. The van der Waals surface area contributed by atoms with Gasteiger partial charge in [-0.2, -0.15) is 0 Å². The van der Waals surface area contributed by atoms with E-state index in [2.05, 4.69) is 179 Å². The lowest BCUT2D eigenvalue weighted by atomic mass is 10.00. The van der Waals surface area contributed by atoms with Crippen LogP contribution < -0.4 is 0 Å². The normalized spacial score (nSPS) is 12.1. The third-order valence-electron chi connectivity index (χ3n) is 11.1. The number of benzene rings is 8. The average molecular weight is 746 g/mol.